The average molecular weight is 861 g/mol. The van der Waals surface area contributed by atoms with Crippen LogP contribution in [0.15, 0.2) is 243 Å². The quantitative estimate of drug-likeness (QED) is 0.149. The fourth-order valence-corrected chi connectivity index (χ4v) is 11.2. The molecule has 1 aliphatic carbocycles. The van der Waals surface area contributed by atoms with Crippen LogP contribution in [0.2, 0.25) is 0 Å². The lowest BCUT2D eigenvalue weighted by Gasteiger charge is -2.22. The van der Waals surface area contributed by atoms with Crippen LogP contribution in [0.5, 0.6) is 0 Å². The van der Waals surface area contributed by atoms with Crippen LogP contribution >= 0.6 is 0 Å². The SMILES string of the molecule is c1ccc(-c2nc(-c3ccccc3)c3c(n2)-c2cccc4c(-c5cc(-c6ccccc6-c6ccccc6)c6ccc7ccc(-c8ccccc8-c8ccccc8)c8ccc5c6c78)ccc-3c24)cc1. The molecule has 0 spiro atoms. The molecular formula is C66H40N2. The van der Waals surface area contributed by atoms with Crippen molar-refractivity contribution in [1.82, 2.24) is 9.97 Å². The standard InChI is InChI=1S/C66H40N2/c1-5-18-41(19-6-1)46-26-13-15-28-48(46)50-34-32-43-33-35-54-58(49-29-16-14-27-47(49)42-20-7-2-8-21-42)40-59(55-38-37-53(50)60(43)62(54)55)51-36-39-56-61-52(51)30-17-31-57(61)65-63(56)64(44-22-9-3-10-23-44)67-66(68-65)45-24-11-4-12-25-45/h1-40H. The normalized spacial score (nSPS) is 11.8. The van der Waals surface area contributed by atoms with Crippen LogP contribution in [0.4, 0.5) is 0 Å². The molecule has 0 atom stereocenters. The van der Waals surface area contributed by atoms with Gasteiger partial charge in [0, 0.05) is 22.3 Å². The van der Waals surface area contributed by atoms with Gasteiger partial charge in [-0.15, -0.1) is 0 Å². The molecule has 14 rings (SSSR count). The Morgan fingerprint density at radius 2 is 0.647 bits per heavy atom. The minimum absolute atomic E-state index is 0.729. The fourth-order valence-electron chi connectivity index (χ4n) is 11.2. The number of hydrogen-bond donors (Lipinski definition) is 0. The molecule has 68 heavy (non-hydrogen) atoms. The maximum Gasteiger partial charge on any atom is 0.160 e. The summed E-state index contributed by atoms with van der Waals surface area (Å²) in [5.41, 5.74) is 19.5. The predicted molar refractivity (Wildman–Crippen MR) is 286 cm³/mol. The van der Waals surface area contributed by atoms with Gasteiger partial charge < -0.3 is 0 Å². The monoisotopic (exact) mass is 860 g/mol. The Balaban J connectivity index is 1.07. The summed E-state index contributed by atoms with van der Waals surface area (Å²) < 4.78 is 0. The Kier molecular flexibility index (Phi) is 8.62. The molecule has 13 aromatic rings. The first-order valence-electron chi connectivity index (χ1n) is 23.4. The molecule has 0 bridgehead atoms. The van der Waals surface area contributed by atoms with Crippen molar-refractivity contribution in [2.24, 2.45) is 0 Å². The Labute approximate surface area is 394 Å². The van der Waals surface area contributed by atoms with Crippen molar-refractivity contribution in [2.45, 2.75) is 0 Å². The van der Waals surface area contributed by atoms with Gasteiger partial charge in [0.05, 0.1) is 11.4 Å². The molecule has 1 heterocycles. The predicted octanol–water partition coefficient (Wildman–Crippen LogP) is 17.8. The molecule has 1 aromatic heterocycles. The van der Waals surface area contributed by atoms with Gasteiger partial charge in [-0.05, 0) is 110 Å². The summed E-state index contributed by atoms with van der Waals surface area (Å²) >= 11 is 0. The molecule has 314 valence electrons. The Bertz CT molecular complexity index is 4100. The van der Waals surface area contributed by atoms with Crippen molar-refractivity contribution in [2.75, 3.05) is 0 Å². The second-order valence-electron chi connectivity index (χ2n) is 17.9. The minimum atomic E-state index is 0.729. The second kappa shape index (κ2) is 15.3. The van der Waals surface area contributed by atoms with Crippen LogP contribution in [-0.4, -0.2) is 9.97 Å². The van der Waals surface area contributed by atoms with Gasteiger partial charge in [-0.3, -0.25) is 0 Å². The van der Waals surface area contributed by atoms with Gasteiger partial charge in [0.15, 0.2) is 5.82 Å². The fraction of sp³-hybridized carbons (Fsp3) is 0. The molecule has 0 aliphatic heterocycles. The van der Waals surface area contributed by atoms with E-state index in [9.17, 15) is 0 Å². The largest absolute Gasteiger partial charge is 0.227 e. The van der Waals surface area contributed by atoms with Gasteiger partial charge in [-0.25, -0.2) is 9.97 Å². The van der Waals surface area contributed by atoms with E-state index in [0.717, 1.165) is 39.5 Å². The third-order valence-electron chi connectivity index (χ3n) is 14.2. The Hall–Kier alpha value is -8.98. The molecule has 12 aromatic carbocycles. The molecule has 0 unspecified atom stereocenters. The lowest BCUT2D eigenvalue weighted by molar-refractivity contribution is 1.19. The van der Waals surface area contributed by atoms with E-state index in [1.165, 1.54) is 104 Å². The number of benzene rings is 12. The highest BCUT2D eigenvalue weighted by molar-refractivity contribution is 6.31. The first-order valence-corrected chi connectivity index (χ1v) is 23.4. The summed E-state index contributed by atoms with van der Waals surface area (Å²) in [6.07, 6.45) is 0. The summed E-state index contributed by atoms with van der Waals surface area (Å²) in [6.45, 7) is 0. The average Bonchev–Trinajstić information content (AvgIpc) is 3.75. The Morgan fingerprint density at radius 3 is 1.29 bits per heavy atom. The number of aromatic nitrogens is 2. The smallest absolute Gasteiger partial charge is 0.160 e. The van der Waals surface area contributed by atoms with Gasteiger partial charge in [0.25, 0.3) is 0 Å². The molecule has 0 saturated heterocycles. The summed E-state index contributed by atoms with van der Waals surface area (Å²) in [7, 11) is 0. The van der Waals surface area contributed by atoms with Crippen molar-refractivity contribution in [3.05, 3.63) is 243 Å². The summed E-state index contributed by atoms with van der Waals surface area (Å²) in [6, 6.07) is 88.4. The topological polar surface area (TPSA) is 25.8 Å². The lowest BCUT2D eigenvalue weighted by atomic mass is 9.81. The molecule has 1 aliphatic rings. The van der Waals surface area contributed by atoms with Crippen LogP contribution in [0, 0.1) is 0 Å². The molecule has 0 N–H and O–H groups in total. The molecule has 2 heteroatoms. The van der Waals surface area contributed by atoms with Crippen LogP contribution in [0.25, 0.3) is 144 Å². The van der Waals surface area contributed by atoms with E-state index < -0.39 is 0 Å². The molecular weight excluding hydrogens is 821 g/mol. The number of rotatable bonds is 7. The number of hydrogen-bond acceptors (Lipinski definition) is 2. The van der Waals surface area contributed by atoms with Crippen LogP contribution < -0.4 is 0 Å². The van der Waals surface area contributed by atoms with Crippen LogP contribution in [0.1, 0.15) is 0 Å². The van der Waals surface area contributed by atoms with E-state index in [1.54, 1.807) is 0 Å². The van der Waals surface area contributed by atoms with E-state index in [1.807, 2.05) is 6.07 Å². The molecule has 0 radical (unpaired) electrons. The van der Waals surface area contributed by atoms with E-state index >= 15 is 0 Å². The summed E-state index contributed by atoms with van der Waals surface area (Å²) in [4.78, 5) is 10.7. The zero-order valence-corrected chi connectivity index (χ0v) is 37.0. The first-order chi connectivity index (χ1) is 33.8. The molecule has 0 saturated carbocycles. The first kappa shape index (κ1) is 38.3. The van der Waals surface area contributed by atoms with Gasteiger partial charge in [0.1, 0.15) is 0 Å². The molecule has 0 amide bonds. The maximum atomic E-state index is 5.40. The van der Waals surface area contributed by atoms with Crippen molar-refractivity contribution >= 4 is 43.1 Å². The lowest BCUT2D eigenvalue weighted by Crippen LogP contribution is -1.97. The van der Waals surface area contributed by atoms with Crippen LogP contribution in [0.3, 0.4) is 0 Å². The van der Waals surface area contributed by atoms with Gasteiger partial charge in [0.2, 0.25) is 0 Å². The van der Waals surface area contributed by atoms with Crippen molar-refractivity contribution in [3.63, 3.8) is 0 Å². The second-order valence-corrected chi connectivity index (χ2v) is 17.9. The van der Waals surface area contributed by atoms with Crippen LogP contribution in [-0.2, 0) is 0 Å². The zero-order chi connectivity index (χ0) is 44.7. The zero-order valence-electron chi connectivity index (χ0n) is 37.0. The Morgan fingerprint density at radius 1 is 0.221 bits per heavy atom. The van der Waals surface area contributed by atoms with E-state index in [2.05, 4.69) is 237 Å². The summed E-state index contributed by atoms with van der Waals surface area (Å²) in [5, 5.41) is 9.95. The van der Waals surface area contributed by atoms with Gasteiger partial charge in [-0.1, -0.05) is 237 Å². The van der Waals surface area contributed by atoms with Crippen molar-refractivity contribution in [1.29, 1.82) is 0 Å². The van der Waals surface area contributed by atoms with Crippen molar-refractivity contribution in [3.8, 4) is 101 Å². The van der Waals surface area contributed by atoms with E-state index in [0.29, 0.717) is 0 Å². The minimum Gasteiger partial charge on any atom is -0.227 e. The number of fused-ring (bicyclic) bond motifs is 3. The van der Waals surface area contributed by atoms with Crippen molar-refractivity contribution < 1.29 is 0 Å². The maximum absolute atomic E-state index is 5.40. The molecule has 2 nitrogen and oxygen atoms in total. The van der Waals surface area contributed by atoms with Gasteiger partial charge >= 0.3 is 0 Å². The highest BCUT2D eigenvalue weighted by Crippen LogP contribution is 2.54. The van der Waals surface area contributed by atoms with Gasteiger partial charge in [-0.2, -0.15) is 0 Å². The number of nitrogens with zero attached hydrogens (tertiary/aromatic N) is 2. The summed E-state index contributed by atoms with van der Waals surface area (Å²) in [5.74, 6) is 0.729. The molecule has 0 fully saturated rings. The highest BCUT2D eigenvalue weighted by atomic mass is 14.9. The third-order valence-corrected chi connectivity index (χ3v) is 14.2. The van der Waals surface area contributed by atoms with E-state index in [4.69, 9.17) is 9.97 Å². The van der Waals surface area contributed by atoms with E-state index in [-0.39, 0.29) is 0 Å². The third kappa shape index (κ3) is 5.84. The highest BCUT2D eigenvalue weighted by Gasteiger charge is 2.30.